The first-order valence-corrected chi connectivity index (χ1v) is 6.12. The first kappa shape index (κ1) is 11.9. The molecule has 1 heterocycles. The molecule has 0 bridgehead atoms. The second-order valence-corrected chi connectivity index (χ2v) is 4.19. The van der Waals surface area contributed by atoms with Crippen LogP contribution in [0.5, 0.6) is 6.01 Å². The molecule has 2 rings (SSSR count). The lowest BCUT2D eigenvalue weighted by atomic mass is 10.4. The van der Waals surface area contributed by atoms with Crippen LogP contribution in [0, 0.1) is 5.92 Å². The predicted molar refractivity (Wildman–Crippen MR) is 66.4 cm³/mol. The average molecular weight is 237 g/mol. The van der Waals surface area contributed by atoms with E-state index in [-0.39, 0.29) is 0 Å². The molecule has 0 saturated heterocycles. The van der Waals surface area contributed by atoms with Crippen molar-refractivity contribution in [3.63, 3.8) is 0 Å². The van der Waals surface area contributed by atoms with E-state index in [0.717, 1.165) is 18.9 Å². The molecular weight excluding hydrogens is 218 g/mol. The minimum Gasteiger partial charge on any atom is -0.463 e. The number of nitrogens with one attached hydrogen (secondary N) is 2. The normalized spacial score (nSPS) is 14.5. The number of aromatic nitrogens is 3. The van der Waals surface area contributed by atoms with Gasteiger partial charge in [0.15, 0.2) is 0 Å². The van der Waals surface area contributed by atoms with Crippen LogP contribution >= 0.6 is 0 Å². The van der Waals surface area contributed by atoms with E-state index in [1.807, 2.05) is 6.92 Å². The number of hydrogen-bond acceptors (Lipinski definition) is 6. The Morgan fingerprint density at radius 1 is 1.24 bits per heavy atom. The van der Waals surface area contributed by atoms with Gasteiger partial charge in [0, 0.05) is 13.6 Å². The standard InChI is InChI=1S/C11H19N5O/c1-3-6-17-11-15-9(12-2)14-10(16-11)13-7-8-4-5-8/h8H,3-7H2,1-2H3,(H2,12,13,14,15,16). The van der Waals surface area contributed by atoms with Gasteiger partial charge >= 0.3 is 6.01 Å². The molecule has 1 aliphatic rings. The van der Waals surface area contributed by atoms with E-state index in [9.17, 15) is 0 Å². The smallest absolute Gasteiger partial charge is 0.323 e. The molecule has 2 N–H and O–H groups in total. The zero-order chi connectivity index (χ0) is 12.1. The van der Waals surface area contributed by atoms with Crippen molar-refractivity contribution in [1.82, 2.24) is 15.0 Å². The zero-order valence-corrected chi connectivity index (χ0v) is 10.4. The fourth-order valence-corrected chi connectivity index (χ4v) is 1.36. The summed E-state index contributed by atoms with van der Waals surface area (Å²) < 4.78 is 5.42. The number of anilines is 2. The monoisotopic (exact) mass is 237 g/mol. The molecule has 6 nitrogen and oxygen atoms in total. The van der Waals surface area contributed by atoms with Crippen molar-refractivity contribution < 1.29 is 4.74 Å². The van der Waals surface area contributed by atoms with E-state index >= 15 is 0 Å². The maximum atomic E-state index is 5.42. The summed E-state index contributed by atoms with van der Waals surface area (Å²) in [5, 5.41) is 6.12. The van der Waals surface area contributed by atoms with Crippen LogP contribution in [-0.2, 0) is 0 Å². The molecule has 1 aliphatic carbocycles. The van der Waals surface area contributed by atoms with E-state index in [0.29, 0.717) is 24.5 Å². The van der Waals surface area contributed by atoms with Crippen LogP contribution in [0.3, 0.4) is 0 Å². The predicted octanol–water partition coefficient (Wildman–Crippen LogP) is 1.52. The quantitative estimate of drug-likeness (QED) is 0.749. The van der Waals surface area contributed by atoms with Gasteiger partial charge in [-0.2, -0.15) is 15.0 Å². The molecule has 6 heteroatoms. The van der Waals surface area contributed by atoms with Crippen molar-refractivity contribution in [2.45, 2.75) is 26.2 Å². The van der Waals surface area contributed by atoms with Crippen LogP contribution in [0.25, 0.3) is 0 Å². The average Bonchev–Trinajstić information content (AvgIpc) is 3.17. The van der Waals surface area contributed by atoms with Crippen LogP contribution in [0.2, 0.25) is 0 Å². The molecule has 0 aliphatic heterocycles. The maximum Gasteiger partial charge on any atom is 0.323 e. The summed E-state index contributed by atoms with van der Waals surface area (Å²) in [7, 11) is 1.78. The van der Waals surface area contributed by atoms with Crippen LogP contribution in [-0.4, -0.2) is 35.2 Å². The fourth-order valence-electron chi connectivity index (χ4n) is 1.36. The van der Waals surface area contributed by atoms with Gasteiger partial charge in [0.2, 0.25) is 11.9 Å². The minimum atomic E-state index is 0.379. The third-order valence-electron chi connectivity index (χ3n) is 2.52. The van der Waals surface area contributed by atoms with Crippen LogP contribution in [0.1, 0.15) is 26.2 Å². The van der Waals surface area contributed by atoms with E-state index in [1.54, 1.807) is 7.05 Å². The van der Waals surface area contributed by atoms with Crippen LogP contribution < -0.4 is 15.4 Å². The molecule has 94 valence electrons. The number of nitrogens with zero attached hydrogens (tertiary/aromatic N) is 3. The van der Waals surface area contributed by atoms with Gasteiger partial charge in [-0.3, -0.25) is 0 Å². The Morgan fingerprint density at radius 3 is 2.65 bits per heavy atom. The highest BCUT2D eigenvalue weighted by Crippen LogP contribution is 2.28. The third-order valence-corrected chi connectivity index (χ3v) is 2.52. The van der Waals surface area contributed by atoms with Gasteiger partial charge in [0.25, 0.3) is 0 Å². The van der Waals surface area contributed by atoms with Gasteiger partial charge < -0.3 is 15.4 Å². The Labute approximate surface area is 101 Å². The molecule has 0 aromatic carbocycles. The summed E-state index contributed by atoms with van der Waals surface area (Å²) >= 11 is 0. The summed E-state index contributed by atoms with van der Waals surface area (Å²) in [6.07, 6.45) is 3.54. The SMILES string of the molecule is CCCOc1nc(NC)nc(NCC2CC2)n1. The molecule has 0 amide bonds. The van der Waals surface area contributed by atoms with Crippen molar-refractivity contribution in [2.75, 3.05) is 30.8 Å². The van der Waals surface area contributed by atoms with Gasteiger partial charge in [0.05, 0.1) is 6.61 Å². The molecule has 17 heavy (non-hydrogen) atoms. The zero-order valence-electron chi connectivity index (χ0n) is 10.4. The number of hydrogen-bond donors (Lipinski definition) is 2. The lowest BCUT2D eigenvalue weighted by Crippen LogP contribution is -2.11. The topological polar surface area (TPSA) is 72.0 Å². The highest BCUT2D eigenvalue weighted by atomic mass is 16.5. The van der Waals surface area contributed by atoms with Crippen molar-refractivity contribution in [1.29, 1.82) is 0 Å². The van der Waals surface area contributed by atoms with Crippen molar-refractivity contribution in [2.24, 2.45) is 5.92 Å². The lowest BCUT2D eigenvalue weighted by molar-refractivity contribution is 0.292. The summed E-state index contributed by atoms with van der Waals surface area (Å²) in [4.78, 5) is 12.6. The molecule has 1 aromatic rings. The van der Waals surface area contributed by atoms with E-state index in [1.165, 1.54) is 12.8 Å². The Morgan fingerprint density at radius 2 is 2.00 bits per heavy atom. The molecule has 0 spiro atoms. The van der Waals surface area contributed by atoms with Gasteiger partial charge in [-0.1, -0.05) is 6.92 Å². The molecule has 0 unspecified atom stereocenters. The fraction of sp³-hybridized carbons (Fsp3) is 0.727. The summed E-state index contributed by atoms with van der Waals surface area (Å²) in [6, 6.07) is 0.379. The third kappa shape index (κ3) is 3.72. The van der Waals surface area contributed by atoms with E-state index in [2.05, 4.69) is 25.6 Å². The highest BCUT2D eigenvalue weighted by molar-refractivity contribution is 5.35. The van der Waals surface area contributed by atoms with E-state index < -0.39 is 0 Å². The Balaban J connectivity index is 2.00. The second-order valence-electron chi connectivity index (χ2n) is 4.19. The first-order chi connectivity index (χ1) is 8.31. The molecule has 0 atom stereocenters. The lowest BCUT2D eigenvalue weighted by Gasteiger charge is -2.08. The summed E-state index contributed by atoms with van der Waals surface area (Å²) in [5.41, 5.74) is 0. The Kier molecular flexibility index (Phi) is 3.95. The molecule has 1 saturated carbocycles. The van der Waals surface area contributed by atoms with Crippen LogP contribution in [0.4, 0.5) is 11.9 Å². The van der Waals surface area contributed by atoms with Crippen molar-refractivity contribution in [3.05, 3.63) is 0 Å². The second kappa shape index (κ2) is 5.65. The van der Waals surface area contributed by atoms with Gasteiger partial charge in [-0.15, -0.1) is 0 Å². The number of rotatable bonds is 7. The minimum absolute atomic E-state index is 0.379. The number of ether oxygens (including phenoxy) is 1. The molecule has 0 radical (unpaired) electrons. The largest absolute Gasteiger partial charge is 0.463 e. The van der Waals surface area contributed by atoms with Crippen molar-refractivity contribution >= 4 is 11.9 Å². The summed E-state index contributed by atoms with van der Waals surface area (Å²) in [5.74, 6) is 1.90. The Bertz CT molecular complexity index is 367. The molecule has 1 aromatic heterocycles. The van der Waals surface area contributed by atoms with E-state index in [4.69, 9.17) is 4.74 Å². The van der Waals surface area contributed by atoms with Crippen LogP contribution in [0.15, 0.2) is 0 Å². The molecular formula is C11H19N5O. The van der Waals surface area contributed by atoms with Gasteiger partial charge in [-0.25, -0.2) is 0 Å². The first-order valence-electron chi connectivity index (χ1n) is 6.12. The van der Waals surface area contributed by atoms with Gasteiger partial charge in [-0.05, 0) is 25.2 Å². The van der Waals surface area contributed by atoms with Gasteiger partial charge in [0.1, 0.15) is 0 Å². The Hall–Kier alpha value is -1.59. The summed E-state index contributed by atoms with van der Waals surface area (Å²) in [6.45, 7) is 3.60. The maximum absolute atomic E-state index is 5.42. The molecule has 1 fully saturated rings. The highest BCUT2D eigenvalue weighted by Gasteiger charge is 2.21. The van der Waals surface area contributed by atoms with Crippen molar-refractivity contribution in [3.8, 4) is 6.01 Å².